The third-order valence-corrected chi connectivity index (χ3v) is 4.82. The van der Waals surface area contributed by atoms with Crippen LogP contribution in [-0.4, -0.2) is 55.4 Å². The Labute approximate surface area is 158 Å². The Balaban J connectivity index is 1.75. The van der Waals surface area contributed by atoms with Gasteiger partial charge in [0.15, 0.2) is 0 Å². The summed E-state index contributed by atoms with van der Waals surface area (Å²) in [5, 5.41) is 13.8. The molecule has 3 rings (SSSR count). The van der Waals surface area contributed by atoms with Gasteiger partial charge in [-0.25, -0.2) is 10.2 Å². The van der Waals surface area contributed by atoms with E-state index in [9.17, 15) is 14.9 Å². The second-order valence-electron chi connectivity index (χ2n) is 6.65. The predicted octanol–water partition coefficient (Wildman–Crippen LogP) is 1.70. The molecule has 1 N–H and O–H groups in total. The van der Waals surface area contributed by atoms with Gasteiger partial charge in [-0.3, -0.25) is 4.79 Å². The van der Waals surface area contributed by atoms with Crippen molar-refractivity contribution in [2.24, 2.45) is 11.0 Å². The number of anilines is 1. The number of hydrogen-bond donors (Lipinski definition) is 1. The fourth-order valence-electron chi connectivity index (χ4n) is 3.41. The van der Waals surface area contributed by atoms with Crippen LogP contribution in [0.1, 0.15) is 31.4 Å². The third kappa shape index (κ3) is 4.03. The van der Waals surface area contributed by atoms with E-state index in [1.807, 2.05) is 25.1 Å². The van der Waals surface area contributed by atoms with E-state index in [0.717, 1.165) is 17.0 Å². The normalized spacial score (nSPS) is 19.8. The third-order valence-electron chi connectivity index (χ3n) is 4.82. The topological polar surface area (TPSA) is 98.0 Å². The Morgan fingerprint density at radius 3 is 2.74 bits per heavy atom. The van der Waals surface area contributed by atoms with Gasteiger partial charge in [-0.05, 0) is 24.6 Å². The molecular formula is C19H23N5O3. The first kappa shape index (κ1) is 18.7. The molecule has 0 saturated carbocycles. The lowest BCUT2D eigenvalue weighted by Gasteiger charge is -2.36. The van der Waals surface area contributed by atoms with Crippen molar-refractivity contribution in [2.45, 2.75) is 20.3 Å². The molecule has 8 nitrogen and oxygen atoms in total. The van der Waals surface area contributed by atoms with Crippen molar-refractivity contribution in [3.05, 3.63) is 29.3 Å². The van der Waals surface area contributed by atoms with E-state index in [2.05, 4.69) is 21.5 Å². The molecule has 1 aromatic carbocycles. The molecule has 1 fully saturated rings. The number of hydrogen-bond acceptors (Lipinski definition) is 6. The molecular weight excluding hydrogens is 346 g/mol. The summed E-state index contributed by atoms with van der Waals surface area (Å²) >= 11 is 0. The summed E-state index contributed by atoms with van der Waals surface area (Å²) in [5.74, 6) is -0.0906. The SMILES string of the molecule is CCOC(=O)N1CCN(c2ccc(C3=NNC(=O)CC3C)cc2C#N)CC1. The summed E-state index contributed by atoms with van der Waals surface area (Å²) in [6, 6.07) is 7.93. The summed E-state index contributed by atoms with van der Waals surface area (Å²) in [5.41, 5.74) is 5.54. The number of amides is 2. The number of hydrazone groups is 1. The molecule has 1 atom stereocenters. The number of ether oxygens (including phenoxy) is 1. The highest BCUT2D eigenvalue weighted by Crippen LogP contribution is 2.25. The Bertz CT molecular complexity index is 806. The van der Waals surface area contributed by atoms with Crippen molar-refractivity contribution in [1.29, 1.82) is 5.26 Å². The molecule has 0 bridgehead atoms. The maximum absolute atomic E-state index is 11.8. The number of nitriles is 1. The molecule has 0 radical (unpaired) electrons. The van der Waals surface area contributed by atoms with Crippen LogP contribution in [0.3, 0.4) is 0 Å². The average molecular weight is 369 g/mol. The lowest BCUT2D eigenvalue weighted by Crippen LogP contribution is -2.49. The van der Waals surface area contributed by atoms with Gasteiger partial charge in [-0.2, -0.15) is 10.4 Å². The van der Waals surface area contributed by atoms with Crippen molar-refractivity contribution in [3.63, 3.8) is 0 Å². The number of rotatable bonds is 3. The summed E-state index contributed by atoms with van der Waals surface area (Å²) in [4.78, 5) is 27.0. The van der Waals surface area contributed by atoms with Crippen LogP contribution in [0.15, 0.2) is 23.3 Å². The Morgan fingerprint density at radius 2 is 2.11 bits per heavy atom. The molecule has 1 aromatic rings. The van der Waals surface area contributed by atoms with Crippen LogP contribution >= 0.6 is 0 Å². The van der Waals surface area contributed by atoms with Gasteiger partial charge in [0, 0.05) is 38.5 Å². The maximum atomic E-state index is 11.8. The minimum Gasteiger partial charge on any atom is -0.450 e. The molecule has 2 aliphatic rings. The highest BCUT2D eigenvalue weighted by molar-refractivity contribution is 6.06. The van der Waals surface area contributed by atoms with Gasteiger partial charge in [-0.15, -0.1) is 0 Å². The van der Waals surface area contributed by atoms with Crippen LogP contribution in [0.25, 0.3) is 0 Å². The van der Waals surface area contributed by atoms with Crippen LogP contribution in [0.5, 0.6) is 0 Å². The van der Waals surface area contributed by atoms with Gasteiger partial charge in [-0.1, -0.05) is 13.0 Å². The van der Waals surface area contributed by atoms with Crippen LogP contribution in [0, 0.1) is 17.2 Å². The van der Waals surface area contributed by atoms with E-state index in [-0.39, 0.29) is 17.9 Å². The summed E-state index contributed by atoms with van der Waals surface area (Å²) in [6.07, 6.45) is 0.0949. The van der Waals surface area contributed by atoms with Crippen LogP contribution in [0.2, 0.25) is 0 Å². The smallest absolute Gasteiger partial charge is 0.409 e. The molecule has 0 spiro atoms. The second-order valence-corrected chi connectivity index (χ2v) is 6.65. The van der Waals surface area contributed by atoms with Gasteiger partial charge in [0.05, 0.1) is 23.6 Å². The van der Waals surface area contributed by atoms with Gasteiger partial charge in [0.2, 0.25) is 5.91 Å². The van der Waals surface area contributed by atoms with E-state index in [0.29, 0.717) is 44.8 Å². The highest BCUT2D eigenvalue weighted by Gasteiger charge is 2.25. The van der Waals surface area contributed by atoms with Crippen LogP contribution in [-0.2, 0) is 9.53 Å². The Hall–Kier alpha value is -3.08. The Morgan fingerprint density at radius 1 is 1.37 bits per heavy atom. The molecule has 2 aliphatic heterocycles. The Kier molecular flexibility index (Phi) is 5.60. The fraction of sp³-hybridized carbons (Fsp3) is 0.474. The summed E-state index contributed by atoms with van der Waals surface area (Å²) < 4.78 is 5.04. The summed E-state index contributed by atoms with van der Waals surface area (Å²) in [7, 11) is 0. The molecule has 1 saturated heterocycles. The van der Waals surface area contributed by atoms with Crippen LogP contribution in [0.4, 0.5) is 10.5 Å². The van der Waals surface area contributed by atoms with Crippen LogP contribution < -0.4 is 10.3 Å². The van der Waals surface area contributed by atoms with Gasteiger partial charge in [0.1, 0.15) is 6.07 Å². The lowest BCUT2D eigenvalue weighted by atomic mass is 9.92. The van der Waals surface area contributed by atoms with Gasteiger partial charge >= 0.3 is 6.09 Å². The number of piperazine rings is 1. The first-order chi connectivity index (χ1) is 13.0. The zero-order valence-corrected chi connectivity index (χ0v) is 15.6. The van der Waals surface area contributed by atoms with Crippen molar-refractivity contribution >= 4 is 23.4 Å². The largest absolute Gasteiger partial charge is 0.450 e. The molecule has 0 aromatic heterocycles. The van der Waals surface area contributed by atoms with Gasteiger partial charge < -0.3 is 14.5 Å². The monoisotopic (exact) mass is 369 g/mol. The quantitative estimate of drug-likeness (QED) is 0.874. The molecule has 8 heteroatoms. The minimum atomic E-state index is -0.292. The second kappa shape index (κ2) is 8.08. The van der Waals surface area contributed by atoms with E-state index in [1.54, 1.807) is 11.8 Å². The number of carbonyl (C=O) groups excluding carboxylic acids is 2. The zero-order chi connectivity index (χ0) is 19.4. The molecule has 2 amide bonds. The van der Waals surface area contributed by atoms with E-state index >= 15 is 0 Å². The lowest BCUT2D eigenvalue weighted by molar-refractivity contribution is -0.121. The molecule has 1 unspecified atom stereocenters. The minimum absolute atomic E-state index is 0.00395. The molecule has 0 aliphatic carbocycles. The zero-order valence-electron chi connectivity index (χ0n) is 15.6. The highest BCUT2D eigenvalue weighted by atomic mass is 16.6. The number of carbonyl (C=O) groups is 2. The van der Waals surface area contributed by atoms with E-state index in [1.165, 1.54) is 0 Å². The number of nitrogens with one attached hydrogen (secondary N) is 1. The average Bonchev–Trinajstić information content (AvgIpc) is 2.68. The van der Waals surface area contributed by atoms with Crippen molar-refractivity contribution < 1.29 is 14.3 Å². The van der Waals surface area contributed by atoms with Gasteiger partial charge in [0.25, 0.3) is 0 Å². The summed E-state index contributed by atoms with van der Waals surface area (Å²) in [6.45, 7) is 6.49. The van der Waals surface area contributed by atoms with E-state index < -0.39 is 0 Å². The first-order valence-electron chi connectivity index (χ1n) is 9.11. The predicted molar refractivity (Wildman–Crippen MR) is 100 cm³/mol. The van der Waals surface area contributed by atoms with Crippen molar-refractivity contribution in [1.82, 2.24) is 10.3 Å². The maximum Gasteiger partial charge on any atom is 0.409 e. The van der Waals surface area contributed by atoms with Crippen molar-refractivity contribution in [3.8, 4) is 6.07 Å². The van der Waals surface area contributed by atoms with Crippen molar-refractivity contribution in [2.75, 3.05) is 37.7 Å². The molecule has 142 valence electrons. The first-order valence-corrected chi connectivity index (χ1v) is 9.11. The number of benzene rings is 1. The standard InChI is InChI=1S/C19H23N5O3/c1-3-27-19(26)24-8-6-23(7-9-24)16-5-4-14(11-15(16)12-20)18-13(2)10-17(25)21-22-18/h4-5,11,13H,3,6-10H2,1-2H3,(H,21,25). The fourth-order valence-corrected chi connectivity index (χ4v) is 3.41. The number of nitrogens with zero attached hydrogens (tertiary/aromatic N) is 4. The van der Waals surface area contributed by atoms with E-state index in [4.69, 9.17) is 4.74 Å². The molecule has 27 heavy (non-hydrogen) atoms. The molecule has 2 heterocycles.